The summed E-state index contributed by atoms with van der Waals surface area (Å²) in [6.07, 6.45) is -2.79. The molecule has 12 nitrogen and oxygen atoms in total. The molecule has 1 fully saturated rings. The third-order valence-corrected chi connectivity index (χ3v) is 13.3. The van der Waals surface area contributed by atoms with Crippen molar-refractivity contribution in [2.45, 2.75) is 70.4 Å². The van der Waals surface area contributed by atoms with E-state index in [-0.39, 0.29) is 67.6 Å². The first-order valence-electron chi connectivity index (χ1n) is 20.4. The van der Waals surface area contributed by atoms with Gasteiger partial charge in [0.15, 0.2) is 5.82 Å². The second-order valence-electron chi connectivity index (χ2n) is 17.2. The molecule has 0 radical (unpaired) electrons. The van der Waals surface area contributed by atoms with Crippen molar-refractivity contribution in [3.05, 3.63) is 134 Å². The first-order valence-corrected chi connectivity index (χ1v) is 22.6. The minimum atomic E-state index is -3.91. The van der Waals surface area contributed by atoms with Crippen molar-refractivity contribution in [2.24, 2.45) is 12.5 Å². The minimum absolute atomic E-state index is 0.0198. The zero-order chi connectivity index (χ0) is 46.7. The molecule has 2 unspecified atom stereocenters. The van der Waals surface area contributed by atoms with E-state index in [1.54, 1.807) is 18.2 Å². The van der Waals surface area contributed by atoms with Crippen molar-refractivity contribution in [1.82, 2.24) is 34.4 Å². The van der Waals surface area contributed by atoms with Gasteiger partial charge in [-0.25, -0.2) is 31.0 Å². The molecule has 338 valence electrons. The predicted molar refractivity (Wildman–Crippen MR) is 232 cm³/mol. The van der Waals surface area contributed by atoms with Crippen molar-refractivity contribution in [1.29, 1.82) is 0 Å². The van der Waals surface area contributed by atoms with Crippen molar-refractivity contribution < 1.29 is 39.6 Å². The fourth-order valence-electron chi connectivity index (χ4n) is 9.09. The molecule has 65 heavy (non-hydrogen) atoms. The van der Waals surface area contributed by atoms with Gasteiger partial charge in [0, 0.05) is 36.4 Å². The fraction of sp³-hybridized carbons (Fsp3) is 0.311. The van der Waals surface area contributed by atoms with Gasteiger partial charge >= 0.3 is 0 Å². The maximum Gasteiger partial charge on any atom is 0.295 e. The third kappa shape index (κ3) is 7.51. The average molecular weight is 937 g/mol. The summed E-state index contributed by atoms with van der Waals surface area (Å²) >= 11 is 6.66. The van der Waals surface area contributed by atoms with E-state index < -0.39 is 87.2 Å². The Bertz CT molecular complexity index is 3280. The number of benzene rings is 4. The van der Waals surface area contributed by atoms with E-state index in [0.717, 1.165) is 34.1 Å². The van der Waals surface area contributed by atoms with Crippen LogP contribution in [0.2, 0.25) is 5.02 Å². The largest absolute Gasteiger partial charge is 0.344 e. The number of amides is 1. The van der Waals surface area contributed by atoms with Crippen LogP contribution in [0.4, 0.5) is 32.2 Å². The summed E-state index contributed by atoms with van der Waals surface area (Å²) in [6.45, 7) is 4.41. The molecule has 0 bridgehead atoms. The van der Waals surface area contributed by atoms with Crippen LogP contribution in [-0.4, -0.2) is 49.7 Å². The highest BCUT2D eigenvalue weighted by molar-refractivity contribution is 7.92. The van der Waals surface area contributed by atoms with Crippen molar-refractivity contribution in [3.8, 4) is 16.8 Å². The Kier molecular flexibility index (Phi) is 10.5. The Balaban J connectivity index is 1.25. The number of hydrogen-bond donors (Lipinski definition) is 2. The van der Waals surface area contributed by atoms with Crippen LogP contribution >= 0.6 is 11.6 Å². The summed E-state index contributed by atoms with van der Waals surface area (Å²) in [5.41, 5.74) is -1.48. The molecule has 1 amide bonds. The monoisotopic (exact) mass is 936 g/mol. The van der Waals surface area contributed by atoms with E-state index in [0.29, 0.717) is 16.3 Å². The molecule has 2 aliphatic rings. The van der Waals surface area contributed by atoms with E-state index in [2.05, 4.69) is 34.1 Å². The van der Waals surface area contributed by atoms with Gasteiger partial charge in [0.1, 0.15) is 35.4 Å². The van der Waals surface area contributed by atoms with Crippen LogP contribution in [0.5, 0.6) is 0 Å². The summed E-state index contributed by atoms with van der Waals surface area (Å²) in [5.74, 6) is -7.61. The van der Waals surface area contributed by atoms with E-state index >= 15 is 13.6 Å². The van der Waals surface area contributed by atoms with Crippen molar-refractivity contribution in [3.63, 3.8) is 0 Å². The molecule has 3 heterocycles. The third-order valence-electron chi connectivity index (χ3n) is 12.4. The van der Waals surface area contributed by atoms with Crippen LogP contribution in [0.25, 0.3) is 38.6 Å². The van der Waals surface area contributed by atoms with Crippen LogP contribution in [0, 0.1) is 17.0 Å². The van der Waals surface area contributed by atoms with Crippen LogP contribution in [0.15, 0.2) is 77.6 Å². The van der Waals surface area contributed by atoms with Gasteiger partial charge in [-0.2, -0.15) is 19.0 Å². The average Bonchev–Trinajstić information content (AvgIpc) is 3.52. The number of halogens is 7. The van der Waals surface area contributed by atoms with Gasteiger partial charge in [-0.15, -0.1) is 0 Å². The number of nitrogens with one attached hydrogen (secondary N) is 2. The molecule has 0 aliphatic heterocycles. The molecule has 2 aliphatic carbocycles. The quantitative estimate of drug-likeness (QED) is 0.116. The predicted octanol–water partition coefficient (Wildman–Crippen LogP) is 9.20. The number of anilines is 1. The molecule has 2 N–H and O–H groups in total. The highest BCUT2D eigenvalue weighted by Gasteiger charge is 2.75. The van der Waals surface area contributed by atoms with Gasteiger partial charge in [-0.05, 0) is 71.0 Å². The molecule has 9 rings (SSSR count). The number of carbonyl (C=O) groups is 1. The molecule has 0 spiro atoms. The summed E-state index contributed by atoms with van der Waals surface area (Å²) in [4.78, 5) is 34.3. The summed E-state index contributed by atoms with van der Waals surface area (Å²) in [6, 6.07) is 16.6. The number of aryl methyl sites for hydroxylation is 1. The Labute approximate surface area is 372 Å². The molecule has 0 saturated heterocycles. The lowest BCUT2D eigenvalue weighted by atomic mass is 9.98. The summed E-state index contributed by atoms with van der Waals surface area (Å²) < 4.78 is 120. The van der Waals surface area contributed by atoms with Gasteiger partial charge in [0.2, 0.25) is 15.9 Å². The number of alkyl halides is 4. The first kappa shape index (κ1) is 44.0. The smallest absolute Gasteiger partial charge is 0.295 e. The highest BCUT2D eigenvalue weighted by atomic mass is 35.5. The lowest BCUT2D eigenvalue weighted by Crippen LogP contribution is -2.38. The number of fused-ring (bicyclic) bond motifs is 5. The van der Waals surface area contributed by atoms with E-state index in [4.69, 9.17) is 16.6 Å². The standard InChI is InChI=1S/C45H39ClF6N8O4S/c1-21(2)23-6-8-24(9-7-23)25-10-11-28-31(17-25)54-42(60(43(28)62)33-13-12-30(46)36-38(33)58(4)56-41(36)57-65(5,63)64)32(16-22-14-26(47)18-27(48)15-22)53-34(61)20-59-39-35(37(55-59)40(49)50)29-19-44(29,3)45(39,51)52/h6-15,17-18,21,29,32,40H,16,19-20H2,1-5H3,(H,53,61)(H,56,57)/t29?,32-,44?/m0/s1. The van der Waals surface area contributed by atoms with Gasteiger partial charge < -0.3 is 5.32 Å². The van der Waals surface area contributed by atoms with Crippen LogP contribution in [0.1, 0.15) is 85.4 Å². The van der Waals surface area contributed by atoms with Crippen molar-refractivity contribution in [2.75, 3.05) is 11.0 Å². The Morgan fingerprint density at radius 3 is 2.29 bits per heavy atom. The number of hydrogen-bond acceptors (Lipinski definition) is 7. The van der Waals surface area contributed by atoms with Crippen LogP contribution in [0.3, 0.4) is 0 Å². The molecule has 3 atom stereocenters. The lowest BCUT2D eigenvalue weighted by Gasteiger charge is -2.25. The molecular weight excluding hydrogens is 898 g/mol. The fourth-order valence-corrected chi connectivity index (χ4v) is 9.83. The topological polar surface area (TPSA) is 146 Å². The number of sulfonamides is 1. The first-order chi connectivity index (χ1) is 30.6. The molecule has 3 aromatic heterocycles. The van der Waals surface area contributed by atoms with Gasteiger partial charge in [0.05, 0.1) is 44.8 Å². The zero-order valence-electron chi connectivity index (χ0n) is 35.2. The molecule has 1 saturated carbocycles. The van der Waals surface area contributed by atoms with E-state index in [1.165, 1.54) is 30.8 Å². The number of aromatic nitrogens is 6. The number of rotatable bonds is 12. The van der Waals surface area contributed by atoms with Crippen LogP contribution < -0.4 is 15.6 Å². The lowest BCUT2D eigenvalue weighted by molar-refractivity contribution is -0.123. The molecule has 7 aromatic rings. The van der Waals surface area contributed by atoms with Crippen LogP contribution in [-0.2, 0) is 40.8 Å². The Hall–Kier alpha value is -6.21. The molecule has 4 aromatic carbocycles. The van der Waals surface area contributed by atoms with Gasteiger partial charge in [-0.3, -0.25) is 28.2 Å². The van der Waals surface area contributed by atoms with Gasteiger partial charge in [-0.1, -0.05) is 62.7 Å². The zero-order valence-corrected chi connectivity index (χ0v) is 36.8. The van der Waals surface area contributed by atoms with E-state index in [1.807, 2.05) is 24.3 Å². The van der Waals surface area contributed by atoms with Crippen molar-refractivity contribution >= 4 is 55.2 Å². The Morgan fingerprint density at radius 1 is 0.969 bits per heavy atom. The molecule has 20 heteroatoms. The van der Waals surface area contributed by atoms with Gasteiger partial charge in [0.25, 0.3) is 17.9 Å². The maximum absolute atomic E-state index is 15.9. The maximum atomic E-state index is 15.9. The SMILES string of the molecule is CC(C)c1ccc(-c2ccc3c(=O)n(-c4ccc(Cl)c5c(NS(C)(=O)=O)nn(C)c45)c([C@H](Cc4cc(F)cc(F)c4)NC(=O)Cn4nc(C(F)F)c5c4C(F)(F)C4(C)CC54)nc3c2)cc1. The molecular formula is C45H39ClF6N8O4S. The Morgan fingerprint density at radius 2 is 1.65 bits per heavy atom. The number of carbonyl (C=O) groups excluding carboxylic acids is 1. The highest BCUT2D eigenvalue weighted by Crippen LogP contribution is 2.76. The normalized spacial score (nSPS) is 18.1. The summed E-state index contributed by atoms with van der Waals surface area (Å²) in [7, 11) is -2.44. The second-order valence-corrected chi connectivity index (χ2v) is 19.4. The minimum Gasteiger partial charge on any atom is -0.344 e. The van der Waals surface area contributed by atoms with E-state index in [9.17, 15) is 30.8 Å². The summed E-state index contributed by atoms with van der Waals surface area (Å²) in [5, 5.41) is 11.0. The second kappa shape index (κ2) is 15.5. The number of nitrogens with zero attached hydrogens (tertiary/aromatic N) is 6.